The summed E-state index contributed by atoms with van der Waals surface area (Å²) < 4.78 is 10.7. The van der Waals surface area contributed by atoms with Crippen LogP contribution in [-0.2, 0) is 15.9 Å². The van der Waals surface area contributed by atoms with Crippen molar-refractivity contribution in [2.24, 2.45) is 11.8 Å². The zero-order valence-electron chi connectivity index (χ0n) is 11.6. The average molecular weight is 276 g/mol. The number of esters is 1. The third-order valence-corrected chi connectivity index (χ3v) is 4.68. The van der Waals surface area contributed by atoms with Crippen molar-refractivity contribution in [1.82, 2.24) is 0 Å². The first kappa shape index (κ1) is 13.6. The van der Waals surface area contributed by atoms with Gasteiger partial charge in [0.05, 0.1) is 24.9 Å². The third-order valence-electron chi connectivity index (χ3n) is 4.68. The van der Waals surface area contributed by atoms with Crippen molar-refractivity contribution >= 4 is 5.97 Å². The van der Waals surface area contributed by atoms with Gasteiger partial charge in [-0.1, -0.05) is 18.2 Å². The predicted octanol–water partition coefficient (Wildman–Crippen LogP) is 1.80. The highest BCUT2D eigenvalue weighted by molar-refractivity contribution is 5.90. The first-order valence-corrected chi connectivity index (χ1v) is 7.17. The Morgan fingerprint density at radius 1 is 1.30 bits per heavy atom. The molecule has 2 heterocycles. The number of ether oxygens (including phenoxy) is 2. The van der Waals surface area contributed by atoms with Gasteiger partial charge in [0.2, 0.25) is 0 Å². The summed E-state index contributed by atoms with van der Waals surface area (Å²) in [6, 6.07) is 7.54. The minimum Gasteiger partial charge on any atom is -0.465 e. The second kappa shape index (κ2) is 5.54. The maximum atomic E-state index is 11.8. The number of aliphatic hydroxyl groups is 1. The first-order chi connectivity index (χ1) is 9.74. The normalized spacial score (nSPS) is 31.5. The maximum Gasteiger partial charge on any atom is 0.338 e. The van der Waals surface area contributed by atoms with E-state index in [0.29, 0.717) is 11.5 Å². The zero-order chi connectivity index (χ0) is 14.1. The molecule has 2 saturated heterocycles. The SMILES string of the molecule is COC(=O)c1ccccc1C[C@@H]1[C@H](CO)[C@H]2CC[C@@H]1O2. The summed E-state index contributed by atoms with van der Waals surface area (Å²) in [5, 5.41) is 9.59. The molecule has 0 aliphatic carbocycles. The fraction of sp³-hybridized carbons (Fsp3) is 0.562. The van der Waals surface area contributed by atoms with Gasteiger partial charge in [-0.15, -0.1) is 0 Å². The van der Waals surface area contributed by atoms with Crippen LogP contribution in [0.1, 0.15) is 28.8 Å². The lowest BCUT2D eigenvalue weighted by Gasteiger charge is -2.27. The lowest BCUT2D eigenvalue weighted by Crippen LogP contribution is -2.31. The molecular weight excluding hydrogens is 256 g/mol. The van der Waals surface area contributed by atoms with Crippen LogP contribution in [0.2, 0.25) is 0 Å². The Labute approximate surface area is 118 Å². The first-order valence-electron chi connectivity index (χ1n) is 7.17. The Hall–Kier alpha value is -1.39. The van der Waals surface area contributed by atoms with Crippen molar-refractivity contribution in [2.45, 2.75) is 31.5 Å². The van der Waals surface area contributed by atoms with E-state index >= 15 is 0 Å². The fourth-order valence-electron chi connectivity index (χ4n) is 3.67. The molecule has 0 unspecified atom stereocenters. The zero-order valence-corrected chi connectivity index (χ0v) is 11.6. The van der Waals surface area contributed by atoms with Gasteiger partial charge in [0.25, 0.3) is 0 Å². The Balaban J connectivity index is 1.83. The standard InChI is InChI=1S/C16H20O4/c1-19-16(18)11-5-3-2-4-10(11)8-12-13(9-17)15-7-6-14(12)20-15/h2-5,12-15,17H,6-9H2,1H3/t12-,13+,14+,15-/m1/s1. The summed E-state index contributed by atoms with van der Waals surface area (Å²) in [5.74, 6) is 0.189. The van der Waals surface area contributed by atoms with Gasteiger partial charge in [0, 0.05) is 12.5 Å². The number of hydrogen-bond donors (Lipinski definition) is 1. The van der Waals surface area contributed by atoms with Crippen LogP contribution in [0.15, 0.2) is 24.3 Å². The molecule has 1 aromatic carbocycles. The lowest BCUT2D eigenvalue weighted by molar-refractivity contribution is 0.0598. The van der Waals surface area contributed by atoms with E-state index in [2.05, 4.69) is 0 Å². The highest BCUT2D eigenvalue weighted by Gasteiger charge is 2.48. The molecule has 3 rings (SSSR count). The van der Waals surface area contributed by atoms with E-state index in [1.54, 1.807) is 6.07 Å². The number of aliphatic hydroxyl groups excluding tert-OH is 1. The minimum atomic E-state index is -0.301. The predicted molar refractivity (Wildman–Crippen MR) is 73.4 cm³/mol. The van der Waals surface area contributed by atoms with Crippen LogP contribution < -0.4 is 0 Å². The van der Waals surface area contributed by atoms with E-state index in [1.165, 1.54) is 7.11 Å². The molecule has 1 N–H and O–H groups in total. The van der Waals surface area contributed by atoms with E-state index < -0.39 is 0 Å². The topological polar surface area (TPSA) is 55.8 Å². The molecule has 1 aromatic rings. The van der Waals surface area contributed by atoms with Crippen molar-refractivity contribution in [3.8, 4) is 0 Å². The average Bonchev–Trinajstić information content (AvgIpc) is 3.08. The molecule has 2 aliphatic rings. The largest absolute Gasteiger partial charge is 0.465 e. The molecule has 4 atom stereocenters. The van der Waals surface area contributed by atoms with Gasteiger partial charge in [-0.3, -0.25) is 0 Å². The van der Waals surface area contributed by atoms with Crippen LogP contribution in [0.4, 0.5) is 0 Å². The second-order valence-corrected chi connectivity index (χ2v) is 5.65. The smallest absolute Gasteiger partial charge is 0.338 e. The number of methoxy groups -OCH3 is 1. The van der Waals surface area contributed by atoms with E-state index in [-0.39, 0.29) is 30.7 Å². The lowest BCUT2D eigenvalue weighted by atomic mass is 9.76. The van der Waals surface area contributed by atoms with Gasteiger partial charge in [0.1, 0.15) is 0 Å². The fourth-order valence-corrected chi connectivity index (χ4v) is 3.67. The molecule has 2 bridgehead atoms. The van der Waals surface area contributed by atoms with E-state index in [0.717, 1.165) is 24.8 Å². The Bertz CT molecular complexity index is 499. The summed E-state index contributed by atoms with van der Waals surface area (Å²) >= 11 is 0. The molecule has 4 nitrogen and oxygen atoms in total. The van der Waals surface area contributed by atoms with Crippen molar-refractivity contribution in [3.63, 3.8) is 0 Å². The summed E-state index contributed by atoms with van der Waals surface area (Å²) in [4.78, 5) is 11.8. The second-order valence-electron chi connectivity index (χ2n) is 5.65. The summed E-state index contributed by atoms with van der Waals surface area (Å²) in [6.07, 6.45) is 3.29. The van der Waals surface area contributed by atoms with Gasteiger partial charge in [0.15, 0.2) is 0 Å². The highest BCUT2D eigenvalue weighted by Crippen LogP contribution is 2.44. The van der Waals surface area contributed by atoms with Crippen molar-refractivity contribution in [1.29, 1.82) is 0 Å². The summed E-state index contributed by atoms with van der Waals surface area (Å²) in [6.45, 7) is 0.159. The molecule has 0 amide bonds. The molecule has 20 heavy (non-hydrogen) atoms. The Morgan fingerprint density at radius 2 is 2.00 bits per heavy atom. The van der Waals surface area contributed by atoms with E-state index in [9.17, 15) is 9.90 Å². The van der Waals surface area contributed by atoms with Gasteiger partial charge in [-0.25, -0.2) is 4.79 Å². The molecule has 0 spiro atoms. The number of rotatable bonds is 4. The summed E-state index contributed by atoms with van der Waals surface area (Å²) in [5.41, 5.74) is 1.61. The molecule has 2 fully saturated rings. The van der Waals surface area contributed by atoms with Gasteiger partial charge in [-0.05, 0) is 36.8 Å². The number of fused-ring (bicyclic) bond motifs is 2. The molecule has 0 radical (unpaired) electrons. The van der Waals surface area contributed by atoms with Crippen LogP contribution in [0, 0.1) is 11.8 Å². The van der Waals surface area contributed by atoms with Crippen LogP contribution >= 0.6 is 0 Å². The Kier molecular flexibility index (Phi) is 3.76. The number of carbonyl (C=O) groups excluding carboxylic acids is 1. The molecule has 0 saturated carbocycles. The molecule has 108 valence electrons. The molecule has 2 aliphatic heterocycles. The van der Waals surface area contributed by atoms with Crippen LogP contribution in [0.5, 0.6) is 0 Å². The number of hydrogen-bond acceptors (Lipinski definition) is 4. The Morgan fingerprint density at radius 3 is 2.70 bits per heavy atom. The monoisotopic (exact) mass is 276 g/mol. The molecular formula is C16H20O4. The minimum absolute atomic E-state index is 0.159. The summed E-state index contributed by atoms with van der Waals surface area (Å²) in [7, 11) is 1.40. The third kappa shape index (κ3) is 2.23. The molecule has 0 aromatic heterocycles. The van der Waals surface area contributed by atoms with Crippen molar-refractivity contribution < 1.29 is 19.4 Å². The van der Waals surface area contributed by atoms with Gasteiger partial charge in [-0.2, -0.15) is 0 Å². The van der Waals surface area contributed by atoms with E-state index in [4.69, 9.17) is 9.47 Å². The van der Waals surface area contributed by atoms with Crippen molar-refractivity contribution in [2.75, 3.05) is 13.7 Å². The number of benzene rings is 1. The van der Waals surface area contributed by atoms with Crippen molar-refractivity contribution in [3.05, 3.63) is 35.4 Å². The van der Waals surface area contributed by atoms with Gasteiger partial charge < -0.3 is 14.6 Å². The van der Waals surface area contributed by atoms with Crippen LogP contribution in [-0.4, -0.2) is 37.0 Å². The molecule has 4 heteroatoms. The van der Waals surface area contributed by atoms with Crippen LogP contribution in [0.25, 0.3) is 0 Å². The highest BCUT2D eigenvalue weighted by atomic mass is 16.5. The number of carbonyl (C=O) groups is 1. The van der Waals surface area contributed by atoms with E-state index in [1.807, 2.05) is 18.2 Å². The van der Waals surface area contributed by atoms with Gasteiger partial charge >= 0.3 is 5.97 Å². The maximum absolute atomic E-state index is 11.8. The van der Waals surface area contributed by atoms with Crippen LogP contribution in [0.3, 0.4) is 0 Å². The quantitative estimate of drug-likeness (QED) is 0.852.